The second kappa shape index (κ2) is 7.69. The summed E-state index contributed by atoms with van der Waals surface area (Å²) in [6, 6.07) is 10.8. The van der Waals surface area contributed by atoms with E-state index < -0.39 is 23.3 Å². The molecule has 0 saturated heterocycles. The molecule has 7 heteroatoms. The zero-order valence-electron chi connectivity index (χ0n) is 13.2. The fourth-order valence-electron chi connectivity index (χ4n) is 2.12. The second-order valence-corrected chi connectivity index (χ2v) is 5.26. The Balaban J connectivity index is 1.79. The molecule has 3 nitrogen and oxygen atoms in total. The van der Waals surface area contributed by atoms with Gasteiger partial charge < -0.3 is 0 Å². The molecule has 0 unspecified atom stereocenters. The zero-order valence-corrected chi connectivity index (χ0v) is 13.2. The van der Waals surface area contributed by atoms with Crippen molar-refractivity contribution in [1.29, 1.82) is 0 Å². The third kappa shape index (κ3) is 4.83. The number of benzene rings is 2. The van der Waals surface area contributed by atoms with E-state index in [1.54, 1.807) is 18.2 Å². The van der Waals surface area contributed by atoms with Crippen molar-refractivity contribution in [2.45, 2.75) is 0 Å². The van der Waals surface area contributed by atoms with E-state index in [-0.39, 0.29) is 11.4 Å². The smallest absolute Gasteiger partial charge is 0.128 e. The number of nitrogens with zero attached hydrogens (tertiary/aromatic N) is 3. The maximum atomic E-state index is 13.1. The number of pyridine rings is 1. The molecule has 0 N–H and O–H groups in total. The van der Waals surface area contributed by atoms with Crippen molar-refractivity contribution in [3.8, 4) is 0 Å². The molecule has 0 saturated carbocycles. The van der Waals surface area contributed by atoms with Crippen LogP contribution < -0.4 is 0 Å². The van der Waals surface area contributed by atoms with E-state index in [9.17, 15) is 17.6 Å². The van der Waals surface area contributed by atoms with Crippen LogP contribution in [0.15, 0.2) is 64.6 Å². The molecule has 0 bridgehead atoms. The first-order chi connectivity index (χ1) is 12.5. The molecular formula is C19H11F4N3. The van der Waals surface area contributed by atoms with E-state index in [2.05, 4.69) is 15.0 Å². The van der Waals surface area contributed by atoms with Crippen LogP contribution in [-0.4, -0.2) is 17.4 Å². The first-order valence-corrected chi connectivity index (χ1v) is 7.45. The van der Waals surface area contributed by atoms with Crippen LogP contribution in [0, 0.1) is 23.3 Å². The molecule has 130 valence electrons. The Morgan fingerprint density at radius 3 is 1.38 bits per heavy atom. The molecule has 0 radical (unpaired) electrons. The predicted octanol–water partition coefficient (Wildman–Crippen LogP) is 5.14. The summed E-state index contributed by atoms with van der Waals surface area (Å²) in [6.45, 7) is 0. The van der Waals surface area contributed by atoms with E-state index in [0.717, 1.165) is 36.4 Å². The molecular weight excluding hydrogens is 346 g/mol. The molecule has 3 aromatic rings. The minimum atomic E-state index is -0.728. The second-order valence-electron chi connectivity index (χ2n) is 5.26. The lowest BCUT2D eigenvalue weighted by molar-refractivity contribution is 0.583. The molecule has 3 rings (SSSR count). The quantitative estimate of drug-likeness (QED) is 0.471. The van der Waals surface area contributed by atoms with Gasteiger partial charge in [0.15, 0.2) is 0 Å². The van der Waals surface area contributed by atoms with Gasteiger partial charge in [0.2, 0.25) is 0 Å². The highest BCUT2D eigenvalue weighted by Gasteiger charge is 2.00. The minimum absolute atomic E-state index is 0.110. The van der Waals surface area contributed by atoms with Gasteiger partial charge in [0.1, 0.15) is 23.3 Å². The van der Waals surface area contributed by atoms with Crippen LogP contribution in [0.5, 0.6) is 0 Å². The monoisotopic (exact) mass is 357 g/mol. The van der Waals surface area contributed by atoms with Crippen LogP contribution in [0.25, 0.3) is 0 Å². The highest BCUT2D eigenvalue weighted by Crippen LogP contribution is 2.17. The van der Waals surface area contributed by atoms with Gasteiger partial charge in [-0.05, 0) is 36.4 Å². The summed E-state index contributed by atoms with van der Waals surface area (Å²) in [5.41, 5.74) is 1.06. The average molecular weight is 357 g/mol. The third-order valence-corrected chi connectivity index (χ3v) is 3.18. The van der Waals surface area contributed by atoms with Crippen molar-refractivity contribution in [3.05, 3.63) is 89.3 Å². The van der Waals surface area contributed by atoms with Gasteiger partial charge in [0, 0.05) is 12.1 Å². The average Bonchev–Trinajstić information content (AvgIpc) is 2.57. The van der Waals surface area contributed by atoms with E-state index >= 15 is 0 Å². The normalized spacial score (nSPS) is 11.5. The van der Waals surface area contributed by atoms with Gasteiger partial charge in [-0.15, -0.1) is 0 Å². The summed E-state index contributed by atoms with van der Waals surface area (Å²) in [7, 11) is 0. The molecule has 1 heterocycles. The Kier molecular flexibility index (Phi) is 5.17. The van der Waals surface area contributed by atoms with Crippen LogP contribution in [0.4, 0.5) is 28.9 Å². The fourth-order valence-corrected chi connectivity index (χ4v) is 2.12. The van der Waals surface area contributed by atoms with Crippen molar-refractivity contribution in [3.63, 3.8) is 0 Å². The fraction of sp³-hybridized carbons (Fsp3) is 0. The number of halogens is 4. The predicted molar refractivity (Wildman–Crippen MR) is 91.5 cm³/mol. The standard InChI is InChI=1S/C19H11F4N3/c20-12-4-13(21)7-18(6-12)24-10-16-2-1-3-17(26-16)11-25-19-8-14(22)5-15(23)9-19/h1-11H. The van der Waals surface area contributed by atoms with Crippen LogP contribution in [0.2, 0.25) is 0 Å². The summed E-state index contributed by atoms with van der Waals surface area (Å²) >= 11 is 0. The lowest BCUT2D eigenvalue weighted by Crippen LogP contribution is -1.93. The van der Waals surface area contributed by atoms with Gasteiger partial charge in [-0.2, -0.15) is 0 Å². The van der Waals surface area contributed by atoms with Gasteiger partial charge >= 0.3 is 0 Å². The maximum absolute atomic E-state index is 13.1. The van der Waals surface area contributed by atoms with Gasteiger partial charge in [-0.1, -0.05) is 6.07 Å². The Bertz CT molecular complexity index is 883. The summed E-state index contributed by atoms with van der Waals surface area (Å²) in [5.74, 6) is -2.91. The number of hydrogen-bond acceptors (Lipinski definition) is 3. The Labute approximate surface area is 146 Å². The number of aromatic nitrogens is 1. The Morgan fingerprint density at radius 2 is 1.00 bits per heavy atom. The van der Waals surface area contributed by atoms with E-state index in [1.807, 2.05) is 0 Å². The molecule has 0 aliphatic carbocycles. The van der Waals surface area contributed by atoms with Gasteiger partial charge in [0.25, 0.3) is 0 Å². The highest BCUT2D eigenvalue weighted by molar-refractivity contribution is 5.84. The Morgan fingerprint density at radius 1 is 0.615 bits per heavy atom. The molecule has 0 atom stereocenters. The molecule has 0 aliphatic rings. The van der Waals surface area contributed by atoms with Gasteiger partial charge in [0.05, 0.1) is 35.2 Å². The van der Waals surface area contributed by atoms with Crippen molar-refractivity contribution in [2.75, 3.05) is 0 Å². The topological polar surface area (TPSA) is 37.6 Å². The molecule has 0 spiro atoms. The molecule has 0 amide bonds. The third-order valence-electron chi connectivity index (χ3n) is 3.18. The molecule has 26 heavy (non-hydrogen) atoms. The van der Waals surface area contributed by atoms with Crippen LogP contribution >= 0.6 is 0 Å². The first-order valence-electron chi connectivity index (χ1n) is 7.45. The summed E-state index contributed by atoms with van der Waals surface area (Å²) in [4.78, 5) is 12.2. The number of aliphatic imine (C=N–C) groups is 2. The summed E-state index contributed by atoms with van der Waals surface area (Å²) in [5, 5.41) is 0. The van der Waals surface area contributed by atoms with Crippen molar-refractivity contribution >= 4 is 23.8 Å². The SMILES string of the molecule is Fc1cc(F)cc(N=Cc2cccc(C=Nc3cc(F)cc(F)c3)n2)c1. The van der Waals surface area contributed by atoms with Gasteiger partial charge in [-0.25, -0.2) is 22.5 Å². The lowest BCUT2D eigenvalue weighted by Gasteiger charge is -1.98. The van der Waals surface area contributed by atoms with Gasteiger partial charge in [-0.3, -0.25) is 9.98 Å². The Hall–Kier alpha value is -3.35. The van der Waals surface area contributed by atoms with E-state index in [4.69, 9.17) is 0 Å². The molecule has 2 aromatic carbocycles. The van der Waals surface area contributed by atoms with Crippen LogP contribution in [0.1, 0.15) is 11.4 Å². The summed E-state index contributed by atoms with van der Waals surface area (Å²) in [6.07, 6.45) is 2.68. The van der Waals surface area contributed by atoms with E-state index in [0.29, 0.717) is 11.4 Å². The zero-order chi connectivity index (χ0) is 18.5. The molecule has 0 fully saturated rings. The van der Waals surface area contributed by atoms with Crippen molar-refractivity contribution in [1.82, 2.24) is 4.98 Å². The minimum Gasteiger partial charge on any atom is -0.254 e. The molecule has 0 aliphatic heterocycles. The first kappa shape index (κ1) is 17.5. The largest absolute Gasteiger partial charge is 0.254 e. The lowest BCUT2D eigenvalue weighted by atomic mass is 10.3. The van der Waals surface area contributed by atoms with Crippen molar-refractivity contribution < 1.29 is 17.6 Å². The number of hydrogen-bond donors (Lipinski definition) is 0. The number of rotatable bonds is 4. The summed E-state index contributed by atoms with van der Waals surface area (Å²) < 4.78 is 52.5. The maximum Gasteiger partial charge on any atom is 0.128 e. The highest BCUT2D eigenvalue weighted by atomic mass is 19.1. The van der Waals surface area contributed by atoms with Crippen LogP contribution in [-0.2, 0) is 0 Å². The van der Waals surface area contributed by atoms with E-state index in [1.165, 1.54) is 12.4 Å². The molecule has 1 aromatic heterocycles. The van der Waals surface area contributed by atoms with Crippen LogP contribution in [0.3, 0.4) is 0 Å². The van der Waals surface area contributed by atoms with Crippen molar-refractivity contribution in [2.24, 2.45) is 9.98 Å².